The third-order valence-electron chi connectivity index (χ3n) is 2.56. The second-order valence-electron chi connectivity index (χ2n) is 4.08. The average Bonchev–Trinajstić information content (AvgIpc) is 2.89. The smallest absolute Gasteiger partial charge is 0.240 e. The van der Waals surface area contributed by atoms with E-state index in [2.05, 4.69) is 15.0 Å². The first-order valence-corrected chi connectivity index (χ1v) is 8.74. The molecule has 0 saturated carbocycles. The molecule has 1 aromatic heterocycles. The van der Waals surface area contributed by atoms with Crippen molar-refractivity contribution in [1.82, 2.24) is 9.71 Å². The third-order valence-corrected chi connectivity index (χ3v) is 5.15. The molecule has 0 fully saturated rings. The molecule has 2 rings (SSSR count). The highest BCUT2D eigenvalue weighted by atomic mass is 35.5. The first-order chi connectivity index (χ1) is 10.0. The van der Waals surface area contributed by atoms with Gasteiger partial charge in [0.15, 0.2) is 4.47 Å². The fourth-order valence-electron chi connectivity index (χ4n) is 1.57. The minimum absolute atomic E-state index is 0.00548. The first kappa shape index (κ1) is 16.2. The van der Waals surface area contributed by atoms with Crippen LogP contribution in [0.1, 0.15) is 4.88 Å². The van der Waals surface area contributed by atoms with Gasteiger partial charge in [0.2, 0.25) is 10.0 Å². The minimum atomic E-state index is -3.57. The zero-order chi connectivity index (χ0) is 15.3. The Bertz CT molecular complexity index is 686. The second-order valence-corrected chi connectivity index (χ2v) is 7.54. The number of hydrogen-bond donors (Lipinski definition) is 3. The Hall–Kier alpha value is -1.19. The summed E-state index contributed by atoms with van der Waals surface area (Å²) in [5.74, 6) is 0. The molecule has 0 atom stereocenters. The van der Waals surface area contributed by atoms with Crippen LogP contribution in [0.3, 0.4) is 0 Å². The summed E-state index contributed by atoms with van der Waals surface area (Å²) in [6.07, 6.45) is 1.69. The molecular formula is C12H14ClN3O3S2. The normalized spacial score (nSPS) is 11.5. The van der Waals surface area contributed by atoms with Crippen molar-refractivity contribution in [1.29, 1.82) is 0 Å². The van der Waals surface area contributed by atoms with Gasteiger partial charge in [0, 0.05) is 23.3 Å². The fourth-order valence-corrected chi connectivity index (χ4v) is 3.51. The van der Waals surface area contributed by atoms with Gasteiger partial charge in [0.1, 0.15) is 0 Å². The highest BCUT2D eigenvalue weighted by molar-refractivity contribution is 7.89. The van der Waals surface area contributed by atoms with Gasteiger partial charge in [-0.2, -0.15) is 0 Å². The molecule has 0 saturated heterocycles. The number of nitrogens with zero attached hydrogens (tertiary/aromatic N) is 1. The summed E-state index contributed by atoms with van der Waals surface area (Å²) in [6, 6.07) is 6.36. The maximum Gasteiger partial charge on any atom is 0.240 e. The molecule has 1 aromatic carbocycles. The average molecular weight is 348 g/mol. The summed E-state index contributed by atoms with van der Waals surface area (Å²) >= 11 is 7.13. The SMILES string of the molecule is O=S(=O)(NCCO)c1ccc(NCc2cnc(Cl)s2)cc1. The topological polar surface area (TPSA) is 91.3 Å². The molecule has 0 aliphatic rings. The number of thiazole rings is 1. The van der Waals surface area contributed by atoms with Gasteiger partial charge in [-0.15, -0.1) is 11.3 Å². The summed E-state index contributed by atoms with van der Waals surface area (Å²) in [5, 5.41) is 11.8. The van der Waals surface area contributed by atoms with E-state index in [1.165, 1.54) is 23.5 Å². The van der Waals surface area contributed by atoms with E-state index < -0.39 is 10.0 Å². The van der Waals surface area contributed by atoms with E-state index in [9.17, 15) is 8.42 Å². The van der Waals surface area contributed by atoms with Gasteiger partial charge in [-0.05, 0) is 24.3 Å². The highest BCUT2D eigenvalue weighted by Gasteiger charge is 2.12. The van der Waals surface area contributed by atoms with Gasteiger partial charge >= 0.3 is 0 Å². The van der Waals surface area contributed by atoms with Gasteiger partial charge in [-0.3, -0.25) is 0 Å². The number of rotatable bonds is 7. The van der Waals surface area contributed by atoms with Crippen LogP contribution >= 0.6 is 22.9 Å². The van der Waals surface area contributed by atoms with Crippen LogP contribution in [0.2, 0.25) is 4.47 Å². The zero-order valence-electron chi connectivity index (χ0n) is 10.9. The number of halogens is 1. The molecule has 6 nitrogen and oxygen atoms in total. The number of anilines is 1. The number of benzene rings is 1. The Kier molecular flexibility index (Phi) is 5.54. The fraction of sp³-hybridized carbons (Fsp3) is 0.250. The standard InChI is InChI=1S/C12H14ClN3O3S2/c13-12-15-8-10(20-12)7-14-9-1-3-11(4-2-9)21(18,19)16-5-6-17/h1-4,8,14,16-17H,5-7H2. The Morgan fingerprint density at radius 3 is 2.57 bits per heavy atom. The van der Waals surface area contributed by atoms with E-state index >= 15 is 0 Å². The third kappa shape index (κ3) is 4.65. The summed E-state index contributed by atoms with van der Waals surface area (Å²) in [5.41, 5.74) is 0.792. The molecule has 0 radical (unpaired) electrons. The largest absolute Gasteiger partial charge is 0.395 e. The Balaban J connectivity index is 1.98. The lowest BCUT2D eigenvalue weighted by Crippen LogP contribution is -2.26. The van der Waals surface area contributed by atoms with Gasteiger partial charge in [0.05, 0.1) is 18.0 Å². The van der Waals surface area contributed by atoms with Crippen LogP contribution in [0.4, 0.5) is 5.69 Å². The van der Waals surface area contributed by atoms with Crippen LogP contribution in [-0.4, -0.2) is 31.7 Å². The Labute approximate surface area is 131 Å². The summed E-state index contributed by atoms with van der Waals surface area (Å²) in [6.45, 7) is 0.323. The van der Waals surface area contributed by atoms with Crippen LogP contribution in [0, 0.1) is 0 Å². The monoisotopic (exact) mass is 347 g/mol. The number of aliphatic hydroxyl groups excluding tert-OH is 1. The van der Waals surface area contributed by atoms with E-state index in [1.807, 2.05) is 0 Å². The maximum atomic E-state index is 11.8. The number of sulfonamides is 1. The van der Waals surface area contributed by atoms with E-state index in [-0.39, 0.29) is 18.0 Å². The van der Waals surface area contributed by atoms with E-state index in [4.69, 9.17) is 16.7 Å². The lowest BCUT2D eigenvalue weighted by atomic mass is 10.3. The van der Waals surface area contributed by atoms with Crippen LogP contribution in [0.25, 0.3) is 0 Å². The van der Waals surface area contributed by atoms with Crippen molar-refractivity contribution in [3.8, 4) is 0 Å². The van der Waals surface area contributed by atoms with Crippen molar-refractivity contribution in [2.75, 3.05) is 18.5 Å². The van der Waals surface area contributed by atoms with Gasteiger partial charge in [-0.1, -0.05) is 11.6 Å². The van der Waals surface area contributed by atoms with Crippen molar-refractivity contribution in [2.24, 2.45) is 0 Å². The molecule has 2 aromatic rings. The molecule has 9 heteroatoms. The van der Waals surface area contributed by atoms with Gasteiger partial charge in [0.25, 0.3) is 0 Å². The molecular weight excluding hydrogens is 334 g/mol. The predicted octanol–water partition coefficient (Wildman–Crippen LogP) is 1.68. The van der Waals surface area contributed by atoms with Crippen LogP contribution in [0.5, 0.6) is 0 Å². The predicted molar refractivity (Wildman–Crippen MR) is 83.2 cm³/mol. The van der Waals surface area contributed by atoms with Crippen LogP contribution in [0.15, 0.2) is 35.4 Å². The molecule has 1 heterocycles. The Morgan fingerprint density at radius 1 is 1.29 bits per heavy atom. The summed E-state index contributed by atoms with van der Waals surface area (Å²) in [7, 11) is -3.57. The van der Waals surface area contributed by atoms with Crippen LogP contribution in [-0.2, 0) is 16.6 Å². The number of nitrogens with one attached hydrogen (secondary N) is 2. The molecule has 0 bridgehead atoms. The lowest BCUT2D eigenvalue weighted by molar-refractivity contribution is 0.301. The molecule has 3 N–H and O–H groups in total. The maximum absolute atomic E-state index is 11.8. The Morgan fingerprint density at radius 2 is 2.00 bits per heavy atom. The van der Waals surface area contributed by atoms with Crippen LogP contribution < -0.4 is 10.0 Å². The zero-order valence-corrected chi connectivity index (χ0v) is 13.3. The van der Waals surface area contributed by atoms with Crippen molar-refractivity contribution < 1.29 is 13.5 Å². The molecule has 0 amide bonds. The molecule has 0 aliphatic heterocycles. The number of aliphatic hydroxyl groups is 1. The molecule has 114 valence electrons. The summed E-state index contributed by atoms with van der Waals surface area (Å²) in [4.78, 5) is 5.08. The van der Waals surface area contributed by atoms with Crippen molar-refractivity contribution in [2.45, 2.75) is 11.4 Å². The first-order valence-electron chi connectivity index (χ1n) is 6.06. The van der Waals surface area contributed by atoms with E-state index in [1.54, 1.807) is 18.3 Å². The molecule has 21 heavy (non-hydrogen) atoms. The van der Waals surface area contributed by atoms with Gasteiger partial charge < -0.3 is 10.4 Å². The van der Waals surface area contributed by atoms with Gasteiger partial charge in [-0.25, -0.2) is 18.1 Å². The molecule has 0 aliphatic carbocycles. The van der Waals surface area contributed by atoms with E-state index in [0.717, 1.165) is 10.6 Å². The highest BCUT2D eigenvalue weighted by Crippen LogP contribution is 2.20. The van der Waals surface area contributed by atoms with E-state index in [0.29, 0.717) is 11.0 Å². The number of hydrogen-bond acceptors (Lipinski definition) is 6. The van der Waals surface area contributed by atoms with Crippen molar-refractivity contribution in [3.63, 3.8) is 0 Å². The summed E-state index contributed by atoms with van der Waals surface area (Å²) < 4.78 is 26.4. The van der Waals surface area contributed by atoms with Crippen molar-refractivity contribution >= 4 is 38.6 Å². The number of aromatic nitrogens is 1. The molecule has 0 unspecified atom stereocenters. The quantitative estimate of drug-likeness (QED) is 0.708. The second kappa shape index (κ2) is 7.19. The minimum Gasteiger partial charge on any atom is -0.395 e. The van der Waals surface area contributed by atoms with Crippen molar-refractivity contribution in [3.05, 3.63) is 39.8 Å². The molecule has 0 spiro atoms. The lowest BCUT2D eigenvalue weighted by Gasteiger charge is -2.08.